The lowest BCUT2D eigenvalue weighted by atomic mass is 10.1. The van der Waals surface area contributed by atoms with Gasteiger partial charge in [-0.25, -0.2) is 0 Å². The summed E-state index contributed by atoms with van der Waals surface area (Å²) in [5.74, 6) is 0.440. The van der Waals surface area contributed by atoms with Crippen molar-refractivity contribution in [1.29, 1.82) is 0 Å². The topological polar surface area (TPSA) is 24.7 Å². The Labute approximate surface area is 68.7 Å². The lowest BCUT2D eigenvalue weighted by Crippen LogP contribution is -2.02. The summed E-state index contributed by atoms with van der Waals surface area (Å²) in [5.41, 5.74) is 1.02. The molecular weight excluding hydrogens is 136 g/mol. The SMILES string of the molecule is C\C=C/C(=N\N=C/C)C(C)C. The van der Waals surface area contributed by atoms with E-state index in [0.29, 0.717) is 5.92 Å². The van der Waals surface area contributed by atoms with Gasteiger partial charge in [-0.1, -0.05) is 19.9 Å². The normalized spacial score (nSPS) is 14.1. The Kier molecular flexibility index (Phi) is 5.35. The third-order valence-electron chi connectivity index (χ3n) is 1.22. The van der Waals surface area contributed by atoms with E-state index in [9.17, 15) is 0 Å². The van der Waals surface area contributed by atoms with Crippen molar-refractivity contribution in [2.24, 2.45) is 16.1 Å². The molecule has 2 nitrogen and oxygen atoms in total. The molecule has 0 bridgehead atoms. The van der Waals surface area contributed by atoms with Crippen molar-refractivity contribution in [2.75, 3.05) is 0 Å². The van der Waals surface area contributed by atoms with Crippen LogP contribution in [0.15, 0.2) is 22.4 Å². The fourth-order valence-corrected chi connectivity index (χ4v) is 0.636. The van der Waals surface area contributed by atoms with Crippen LogP contribution in [0, 0.1) is 5.92 Å². The van der Waals surface area contributed by atoms with E-state index >= 15 is 0 Å². The molecule has 0 aromatic heterocycles. The predicted octanol–water partition coefficient (Wildman–Crippen LogP) is 2.67. The van der Waals surface area contributed by atoms with E-state index in [0.717, 1.165) is 5.71 Å². The molecular formula is C9H16N2. The zero-order valence-corrected chi connectivity index (χ0v) is 7.70. The molecule has 11 heavy (non-hydrogen) atoms. The van der Waals surface area contributed by atoms with E-state index in [1.807, 2.05) is 26.0 Å². The maximum absolute atomic E-state index is 4.03. The number of hydrogen-bond acceptors (Lipinski definition) is 2. The Bertz CT molecular complexity index is 176. The van der Waals surface area contributed by atoms with Gasteiger partial charge in [0, 0.05) is 6.21 Å². The molecule has 2 heteroatoms. The molecule has 0 unspecified atom stereocenters. The number of nitrogens with zero attached hydrogens (tertiary/aromatic N) is 2. The molecule has 0 aromatic rings. The van der Waals surface area contributed by atoms with Crippen LogP contribution in [-0.2, 0) is 0 Å². The van der Waals surface area contributed by atoms with Crippen molar-refractivity contribution in [2.45, 2.75) is 27.7 Å². The number of allylic oxidation sites excluding steroid dienone is 2. The van der Waals surface area contributed by atoms with Crippen LogP contribution in [0.3, 0.4) is 0 Å². The van der Waals surface area contributed by atoms with Gasteiger partial charge in [-0.15, -0.1) is 0 Å². The summed E-state index contributed by atoms with van der Waals surface area (Å²) in [5, 5.41) is 7.85. The summed E-state index contributed by atoms with van der Waals surface area (Å²) in [6.45, 7) is 8.04. The van der Waals surface area contributed by atoms with Crippen LogP contribution in [0.5, 0.6) is 0 Å². The molecule has 0 rings (SSSR count). The van der Waals surface area contributed by atoms with Gasteiger partial charge in [0.05, 0.1) is 5.71 Å². The van der Waals surface area contributed by atoms with Crippen LogP contribution in [-0.4, -0.2) is 11.9 Å². The minimum Gasteiger partial charge on any atom is -0.164 e. The second-order valence-corrected chi connectivity index (χ2v) is 2.55. The Balaban J connectivity index is 4.32. The molecule has 0 amide bonds. The van der Waals surface area contributed by atoms with E-state index in [4.69, 9.17) is 0 Å². The van der Waals surface area contributed by atoms with Crippen molar-refractivity contribution >= 4 is 11.9 Å². The lowest BCUT2D eigenvalue weighted by molar-refractivity contribution is 0.880. The molecule has 0 saturated carbocycles. The highest BCUT2D eigenvalue weighted by Gasteiger charge is 1.98. The Morgan fingerprint density at radius 3 is 2.27 bits per heavy atom. The van der Waals surface area contributed by atoms with Crippen LogP contribution in [0.4, 0.5) is 0 Å². The average Bonchev–Trinajstić information content (AvgIpc) is 1.97. The molecule has 0 heterocycles. The first-order chi connectivity index (χ1) is 5.22. The maximum atomic E-state index is 4.03. The van der Waals surface area contributed by atoms with Crippen LogP contribution < -0.4 is 0 Å². The zero-order valence-electron chi connectivity index (χ0n) is 7.70. The molecule has 0 aliphatic carbocycles. The van der Waals surface area contributed by atoms with Gasteiger partial charge in [-0.3, -0.25) is 0 Å². The molecule has 62 valence electrons. The molecule has 0 aliphatic rings. The maximum Gasteiger partial charge on any atom is 0.0652 e. The van der Waals surface area contributed by atoms with Gasteiger partial charge in [0.2, 0.25) is 0 Å². The first-order valence-corrected chi connectivity index (χ1v) is 3.90. The third-order valence-corrected chi connectivity index (χ3v) is 1.22. The van der Waals surface area contributed by atoms with Crippen LogP contribution in [0.1, 0.15) is 27.7 Å². The van der Waals surface area contributed by atoms with Crippen molar-refractivity contribution in [3.8, 4) is 0 Å². The average molecular weight is 152 g/mol. The fourth-order valence-electron chi connectivity index (χ4n) is 0.636. The lowest BCUT2D eigenvalue weighted by Gasteiger charge is -2.00. The summed E-state index contributed by atoms with van der Waals surface area (Å²) in [6.07, 6.45) is 5.65. The second-order valence-electron chi connectivity index (χ2n) is 2.55. The van der Waals surface area contributed by atoms with Crippen LogP contribution >= 0.6 is 0 Å². The summed E-state index contributed by atoms with van der Waals surface area (Å²) in [6, 6.07) is 0. The molecule has 0 radical (unpaired) electrons. The summed E-state index contributed by atoms with van der Waals surface area (Å²) < 4.78 is 0. The smallest absolute Gasteiger partial charge is 0.0652 e. The number of hydrogen-bond donors (Lipinski definition) is 0. The Morgan fingerprint density at radius 2 is 1.91 bits per heavy atom. The van der Waals surface area contributed by atoms with Crippen molar-refractivity contribution in [3.05, 3.63) is 12.2 Å². The van der Waals surface area contributed by atoms with Gasteiger partial charge in [0.1, 0.15) is 0 Å². The van der Waals surface area contributed by atoms with Crippen LogP contribution in [0.25, 0.3) is 0 Å². The summed E-state index contributed by atoms with van der Waals surface area (Å²) >= 11 is 0. The van der Waals surface area contributed by atoms with E-state index in [-0.39, 0.29) is 0 Å². The van der Waals surface area contributed by atoms with Gasteiger partial charge in [-0.05, 0) is 25.8 Å². The molecule has 0 aliphatic heterocycles. The molecule has 0 spiro atoms. The quantitative estimate of drug-likeness (QED) is 0.439. The number of rotatable bonds is 3. The van der Waals surface area contributed by atoms with Crippen molar-refractivity contribution < 1.29 is 0 Å². The van der Waals surface area contributed by atoms with Crippen molar-refractivity contribution in [3.63, 3.8) is 0 Å². The van der Waals surface area contributed by atoms with E-state index < -0.39 is 0 Å². The predicted molar refractivity (Wildman–Crippen MR) is 51.3 cm³/mol. The van der Waals surface area contributed by atoms with Gasteiger partial charge >= 0.3 is 0 Å². The first-order valence-electron chi connectivity index (χ1n) is 3.90. The fraction of sp³-hybridized carbons (Fsp3) is 0.556. The summed E-state index contributed by atoms with van der Waals surface area (Å²) in [4.78, 5) is 0. The largest absolute Gasteiger partial charge is 0.164 e. The molecule has 0 saturated heterocycles. The van der Waals surface area contributed by atoms with Gasteiger partial charge in [0.15, 0.2) is 0 Å². The second kappa shape index (κ2) is 5.83. The molecule has 0 aromatic carbocycles. The Hall–Kier alpha value is -0.920. The highest BCUT2D eigenvalue weighted by atomic mass is 15.2. The Morgan fingerprint density at radius 1 is 1.27 bits per heavy atom. The molecule has 0 fully saturated rings. The van der Waals surface area contributed by atoms with Gasteiger partial charge in [0.25, 0.3) is 0 Å². The minimum atomic E-state index is 0.440. The van der Waals surface area contributed by atoms with Crippen LogP contribution in [0.2, 0.25) is 0 Å². The minimum absolute atomic E-state index is 0.440. The van der Waals surface area contributed by atoms with Gasteiger partial charge < -0.3 is 0 Å². The molecule has 0 N–H and O–H groups in total. The van der Waals surface area contributed by atoms with Gasteiger partial charge in [-0.2, -0.15) is 10.2 Å². The summed E-state index contributed by atoms with van der Waals surface area (Å²) in [7, 11) is 0. The van der Waals surface area contributed by atoms with E-state index in [1.165, 1.54) is 0 Å². The van der Waals surface area contributed by atoms with Crippen molar-refractivity contribution in [1.82, 2.24) is 0 Å². The van der Waals surface area contributed by atoms with E-state index in [2.05, 4.69) is 24.1 Å². The standard InChI is InChI=1S/C9H16N2/c1-5-7-9(8(3)4)11-10-6-2/h5-8H,1-4H3/b7-5-,10-6-,11-9+. The first kappa shape index (κ1) is 10.1. The molecule has 0 atom stereocenters. The highest BCUT2D eigenvalue weighted by molar-refractivity contribution is 5.96. The van der Waals surface area contributed by atoms with E-state index in [1.54, 1.807) is 6.21 Å². The third kappa shape index (κ3) is 4.48. The zero-order chi connectivity index (χ0) is 8.69. The highest BCUT2D eigenvalue weighted by Crippen LogP contribution is 1.99. The monoisotopic (exact) mass is 152 g/mol.